The Morgan fingerprint density at radius 2 is 1.73 bits per heavy atom. The van der Waals surface area contributed by atoms with E-state index in [1.165, 1.54) is 6.07 Å². The summed E-state index contributed by atoms with van der Waals surface area (Å²) < 4.78 is 5.22. The summed E-state index contributed by atoms with van der Waals surface area (Å²) in [6.07, 6.45) is 0.656. The first kappa shape index (κ1) is 18.1. The number of nitrogens with zero attached hydrogens (tertiary/aromatic N) is 2. The van der Waals surface area contributed by atoms with Crippen molar-refractivity contribution in [2.24, 2.45) is 0 Å². The molecule has 0 bridgehead atoms. The molecule has 3 rings (SSSR count). The molecule has 0 saturated carbocycles. The maximum atomic E-state index is 12.4. The molecule has 0 N–H and O–H groups in total. The number of carbonyl (C=O) groups is 3. The highest BCUT2D eigenvalue weighted by molar-refractivity contribution is 6.44. The first-order valence-electron chi connectivity index (χ1n) is 8.18. The minimum Gasteiger partial charge on any atom is -0.423 e. The van der Waals surface area contributed by atoms with Gasteiger partial charge in [0.2, 0.25) is 0 Å². The highest BCUT2D eigenvalue weighted by Crippen LogP contribution is 2.28. The number of hydrogen-bond donors (Lipinski definition) is 0. The first-order valence-corrected chi connectivity index (χ1v) is 8.56. The van der Waals surface area contributed by atoms with Crippen molar-refractivity contribution in [3.8, 4) is 0 Å². The van der Waals surface area contributed by atoms with Gasteiger partial charge in [-0.25, -0.2) is 9.59 Å². The Kier molecular flexibility index (Phi) is 4.58. The summed E-state index contributed by atoms with van der Waals surface area (Å²) in [6, 6.07) is 3.37. The minimum atomic E-state index is -0.915. The van der Waals surface area contributed by atoms with Crippen LogP contribution in [0, 0.1) is 0 Å². The van der Waals surface area contributed by atoms with Crippen molar-refractivity contribution in [2.45, 2.75) is 39.8 Å². The van der Waals surface area contributed by atoms with E-state index in [9.17, 15) is 19.2 Å². The molecule has 2 heterocycles. The van der Waals surface area contributed by atoms with E-state index < -0.39 is 29.5 Å². The van der Waals surface area contributed by atoms with E-state index in [2.05, 4.69) is 0 Å². The Labute approximate surface area is 154 Å². The van der Waals surface area contributed by atoms with E-state index in [-0.39, 0.29) is 6.54 Å². The monoisotopic (exact) mass is 376 g/mol. The van der Waals surface area contributed by atoms with Gasteiger partial charge in [0.1, 0.15) is 5.58 Å². The third-order valence-electron chi connectivity index (χ3n) is 4.31. The van der Waals surface area contributed by atoms with Crippen molar-refractivity contribution in [3.05, 3.63) is 44.8 Å². The third-order valence-corrected chi connectivity index (χ3v) is 4.66. The summed E-state index contributed by atoms with van der Waals surface area (Å²) in [5.74, 6) is -1.79. The van der Waals surface area contributed by atoms with Crippen molar-refractivity contribution >= 4 is 40.4 Å². The average molecular weight is 377 g/mol. The Morgan fingerprint density at radius 3 is 2.31 bits per heavy atom. The van der Waals surface area contributed by atoms with Gasteiger partial charge >= 0.3 is 23.5 Å². The fraction of sp³-hybridized carbons (Fsp3) is 0.333. The minimum absolute atomic E-state index is 0.212. The summed E-state index contributed by atoms with van der Waals surface area (Å²) in [6.45, 7) is 5.00. The number of aryl methyl sites for hydroxylation is 1. The van der Waals surface area contributed by atoms with Crippen LogP contribution in [0.2, 0.25) is 5.02 Å². The largest absolute Gasteiger partial charge is 0.423 e. The second kappa shape index (κ2) is 6.57. The Hall–Kier alpha value is -2.67. The second-order valence-corrected chi connectivity index (χ2v) is 6.73. The number of rotatable bonds is 4. The van der Waals surface area contributed by atoms with Crippen molar-refractivity contribution < 1.29 is 18.8 Å². The first-order chi connectivity index (χ1) is 12.2. The molecule has 0 spiro atoms. The van der Waals surface area contributed by atoms with Gasteiger partial charge in [0.05, 0.1) is 6.54 Å². The van der Waals surface area contributed by atoms with Crippen LogP contribution in [0.1, 0.15) is 31.9 Å². The molecule has 0 atom stereocenters. The molecule has 26 heavy (non-hydrogen) atoms. The number of amides is 4. The van der Waals surface area contributed by atoms with E-state index >= 15 is 0 Å². The van der Waals surface area contributed by atoms with Gasteiger partial charge < -0.3 is 4.42 Å². The van der Waals surface area contributed by atoms with Crippen LogP contribution in [0.3, 0.4) is 0 Å². The van der Waals surface area contributed by atoms with Crippen LogP contribution in [0.5, 0.6) is 0 Å². The quantitative estimate of drug-likeness (QED) is 0.465. The molecule has 1 aliphatic rings. The molecule has 1 saturated heterocycles. The highest BCUT2D eigenvalue weighted by Gasteiger charge is 2.45. The van der Waals surface area contributed by atoms with E-state index in [4.69, 9.17) is 16.0 Å². The zero-order valence-electron chi connectivity index (χ0n) is 14.5. The lowest BCUT2D eigenvalue weighted by Crippen LogP contribution is -2.38. The number of halogens is 1. The lowest BCUT2D eigenvalue weighted by Gasteiger charge is -2.18. The molecule has 0 aliphatic carbocycles. The van der Waals surface area contributed by atoms with E-state index in [1.54, 1.807) is 26.0 Å². The molecule has 4 amide bonds. The predicted molar refractivity (Wildman–Crippen MR) is 94.8 cm³/mol. The molecule has 1 aromatic heterocycles. The van der Waals surface area contributed by atoms with E-state index in [0.717, 1.165) is 15.4 Å². The summed E-state index contributed by atoms with van der Waals surface area (Å²) in [5, 5.41) is 1.01. The SMILES string of the molecule is CCc1cc2oc(=O)cc(CN3C(=O)C(=O)N(C(C)C)C3=O)c2cc1Cl. The van der Waals surface area contributed by atoms with Gasteiger partial charge in [-0.1, -0.05) is 18.5 Å². The lowest BCUT2D eigenvalue weighted by molar-refractivity contribution is -0.144. The number of hydrogen-bond acceptors (Lipinski definition) is 5. The summed E-state index contributed by atoms with van der Waals surface area (Å²) >= 11 is 6.25. The third kappa shape index (κ3) is 2.88. The smallest absolute Gasteiger partial charge is 0.336 e. The average Bonchev–Trinajstić information content (AvgIpc) is 2.78. The van der Waals surface area contributed by atoms with Crippen molar-refractivity contribution in [3.63, 3.8) is 0 Å². The number of imide groups is 2. The van der Waals surface area contributed by atoms with Gasteiger partial charge in [-0.2, -0.15) is 0 Å². The van der Waals surface area contributed by atoms with Crippen molar-refractivity contribution in [1.82, 2.24) is 9.80 Å². The molecule has 1 fully saturated rings. The van der Waals surface area contributed by atoms with Gasteiger partial charge in [-0.05, 0) is 43.5 Å². The fourth-order valence-electron chi connectivity index (χ4n) is 2.98. The normalized spacial score (nSPS) is 15.0. The van der Waals surface area contributed by atoms with Gasteiger partial charge in [0, 0.05) is 22.5 Å². The van der Waals surface area contributed by atoms with Crippen LogP contribution < -0.4 is 5.63 Å². The number of fused-ring (bicyclic) bond motifs is 1. The van der Waals surface area contributed by atoms with Gasteiger partial charge in [0.15, 0.2) is 0 Å². The molecule has 7 nitrogen and oxygen atoms in total. The van der Waals surface area contributed by atoms with Crippen LogP contribution >= 0.6 is 11.6 Å². The molecule has 1 aromatic carbocycles. The fourth-order valence-corrected chi connectivity index (χ4v) is 3.28. The van der Waals surface area contributed by atoms with Crippen LogP contribution in [-0.4, -0.2) is 33.7 Å². The Morgan fingerprint density at radius 1 is 1.04 bits per heavy atom. The molecular formula is C18H17ClN2O5. The topological polar surface area (TPSA) is 87.9 Å². The zero-order chi connectivity index (χ0) is 19.2. The van der Waals surface area contributed by atoms with Gasteiger partial charge in [-0.15, -0.1) is 0 Å². The van der Waals surface area contributed by atoms with Crippen molar-refractivity contribution in [2.75, 3.05) is 0 Å². The standard InChI is InChI=1S/C18H17ClN2O5/c1-4-10-5-14-12(7-13(10)19)11(6-15(22)26-14)8-20-16(23)17(24)21(9(2)3)18(20)25/h5-7,9H,4,8H2,1-3H3. The summed E-state index contributed by atoms with van der Waals surface area (Å²) in [7, 11) is 0. The summed E-state index contributed by atoms with van der Waals surface area (Å²) in [5.41, 5.74) is 0.915. The lowest BCUT2D eigenvalue weighted by atomic mass is 10.1. The maximum Gasteiger partial charge on any atom is 0.336 e. The zero-order valence-corrected chi connectivity index (χ0v) is 15.3. The summed E-state index contributed by atoms with van der Waals surface area (Å²) in [4.78, 5) is 50.3. The molecular weight excluding hydrogens is 360 g/mol. The van der Waals surface area contributed by atoms with Crippen LogP contribution in [0.25, 0.3) is 11.0 Å². The number of carbonyl (C=O) groups excluding carboxylic acids is 3. The molecule has 8 heteroatoms. The maximum absolute atomic E-state index is 12.4. The number of benzene rings is 1. The Balaban J connectivity index is 2.08. The highest BCUT2D eigenvalue weighted by atomic mass is 35.5. The van der Waals surface area contributed by atoms with E-state index in [0.29, 0.717) is 28.0 Å². The van der Waals surface area contributed by atoms with Crippen LogP contribution in [0.4, 0.5) is 4.79 Å². The van der Waals surface area contributed by atoms with Crippen molar-refractivity contribution in [1.29, 1.82) is 0 Å². The molecule has 1 aliphatic heterocycles. The van der Waals surface area contributed by atoms with Crippen LogP contribution in [-0.2, 0) is 22.6 Å². The van der Waals surface area contributed by atoms with Gasteiger partial charge in [0.25, 0.3) is 0 Å². The predicted octanol–water partition coefficient (Wildman–Crippen LogP) is 2.71. The number of urea groups is 1. The Bertz CT molecular complexity index is 995. The van der Waals surface area contributed by atoms with Crippen LogP contribution in [0.15, 0.2) is 27.4 Å². The molecule has 0 unspecified atom stereocenters. The molecule has 2 aromatic rings. The molecule has 136 valence electrons. The molecule has 0 radical (unpaired) electrons. The van der Waals surface area contributed by atoms with Gasteiger partial charge in [-0.3, -0.25) is 19.4 Å². The van der Waals surface area contributed by atoms with E-state index in [1.807, 2.05) is 6.92 Å². The second-order valence-electron chi connectivity index (χ2n) is 6.33.